The van der Waals surface area contributed by atoms with Crippen molar-refractivity contribution in [3.05, 3.63) is 175 Å². The van der Waals surface area contributed by atoms with Crippen molar-refractivity contribution < 1.29 is 16.8 Å². The van der Waals surface area contributed by atoms with Gasteiger partial charge in [-0.05, 0) is 154 Å². The number of hydrogen-bond donors (Lipinski definition) is 0. The van der Waals surface area contributed by atoms with E-state index >= 15 is 0 Å². The second-order valence-corrected chi connectivity index (χ2v) is 16.6. The average Bonchev–Trinajstić information content (AvgIpc) is 3.17. The lowest BCUT2D eigenvalue weighted by Gasteiger charge is -2.26. The molecule has 0 amide bonds. The first-order valence-corrected chi connectivity index (χ1v) is 19.6. The van der Waals surface area contributed by atoms with Crippen molar-refractivity contribution in [2.24, 2.45) is 0 Å². The van der Waals surface area contributed by atoms with Crippen molar-refractivity contribution in [2.75, 3.05) is 4.90 Å². The van der Waals surface area contributed by atoms with Crippen LogP contribution in [-0.4, -0.2) is 16.8 Å². The molecule has 0 fully saturated rings. The van der Waals surface area contributed by atoms with Gasteiger partial charge in [0, 0.05) is 17.1 Å². The fourth-order valence-corrected chi connectivity index (χ4v) is 9.50. The largest absolute Gasteiger partial charge is 0.310 e. The molecule has 8 aromatic rings. The van der Waals surface area contributed by atoms with Crippen LogP contribution < -0.4 is 4.90 Å². The Morgan fingerprint density at radius 1 is 0.353 bits per heavy atom. The fraction of sp³-hybridized carbons (Fsp3) is 0.0455. The molecule has 250 valence electrons. The van der Waals surface area contributed by atoms with Gasteiger partial charge in [-0.1, -0.05) is 66.7 Å². The Hall–Kier alpha value is -5.76. The van der Waals surface area contributed by atoms with E-state index in [0.29, 0.717) is 0 Å². The van der Waals surface area contributed by atoms with Gasteiger partial charge in [0.25, 0.3) is 0 Å². The van der Waals surface area contributed by atoms with Gasteiger partial charge >= 0.3 is 0 Å². The third-order valence-corrected chi connectivity index (χ3v) is 13.3. The second-order valence-electron chi connectivity index (χ2n) is 12.7. The molecule has 0 saturated carbocycles. The van der Waals surface area contributed by atoms with Crippen LogP contribution in [-0.2, 0) is 19.7 Å². The molecular formula is C44H33NO4S2. The molecule has 0 aliphatic carbocycles. The zero-order valence-electron chi connectivity index (χ0n) is 28.0. The summed E-state index contributed by atoms with van der Waals surface area (Å²) < 4.78 is 53.7. The minimum atomic E-state index is -3.72. The van der Waals surface area contributed by atoms with E-state index in [1.807, 2.05) is 11.0 Å². The van der Waals surface area contributed by atoms with Crippen molar-refractivity contribution in [3.8, 4) is 0 Å². The molecular weight excluding hydrogens is 671 g/mol. The van der Waals surface area contributed by atoms with Crippen molar-refractivity contribution in [3.63, 3.8) is 0 Å². The van der Waals surface area contributed by atoms with Crippen molar-refractivity contribution in [1.82, 2.24) is 0 Å². The first-order chi connectivity index (χ1) is 24.6. The molecule has 8 aromatic carbocycles. The summed E-state index contributed by atoms with van der Waals surface area (Å²) in [5.41, 5.74) is 4.75. The number of fused-ring (bicyclic) bond motifs is 3. The van der Waals surface area contributed by atoms with Crippen LogP contribution >= 0.6 is 0 Å². The van der Waals surface area contributed by atoms with Crippen LogP contribution in [0, 0.1) is 13.8 Å². The Morgan fingerprint density at radius 3 is 1.18 bits per heavy atom. The zero-order valence-corrected chi connectivity index (χ0v) is 29.6. The summed E-state index contributed by atoms with van der Waals surface area (Å²) in [6.45, 7) is 4.34. The number of hydrogen-bond acceptors (Lipinski definition) is 5. The third-order valence-electron chi connectivity index (χ3n) is 9.68. The van der Waals surface area contributed by atoms with Crippen molar-refractivity contribution >= 4 is 69.1 Å². The molecule has 0 saturated heterocycles. The lowest BCUT2D eigenvalue weighted by Crippen LogP contribution is -2.11. The maximum atomic E-state index is 13.4. The maximum absolute atomic E-state index is 13.4. The van der Waals surface area contributed by atoms with Crippen LogP contribution in [0.25, 0.3) is 32.3 Å². The molecule has 0 aliphatic rings. The summed E-state index contributed by atoms with van der Waals surface area (Å²) >= 11 is 0. The summed E-state index contributed by atoms with van der Waals surface area (Å²) in [7, 11) is -7.43. The molecule has 0 atom stereocenters. The van der Waals surface area contributed by atoms with E-state index in [1.165, 1.54) is 32.7 Å². The SMILES string of the molecule is Cc1c2ccccc2c(C)c2cc3cc(N(c4ccc(S(=O)(=O)c5ccccc5)cc4)c4ccc(S(=O)(=O)c5ccccc5)cc4)ccc3cc12. The summed E-state index contributed by atoms with van der Waals surface area (Å²) in [6, 6.07) is 49.6. The van der Waals surface area contributed by atoms with E-state index in [9.17, 15) is 16.8 Å². The van der Waals surface area contributed by atoms with E-state index in [4.69, 9.17) is 0 Å². The highest BCUT2D eigenvalue weighted by atomic mass is 32.2. The van der Waals surface area contributed by atoms with Gasteiger partial charge in [-0.3, -0.25) is 0 Å². The quantitative estimate of drug-likeness (QED) is 0.155. The minimum absolute atomic E-state index is 0.185. The predicted octanol–water partition coefficient (Wildman–Crippen LogP) is 10.9. The van der Waals surface area contributed by atoms with E-state index < -0.39 is 19.7 Å². The van der Waals surface area contributed by atoms with Crippen LogP contribution in [0.3, 0.4) is 0 Å². The Bertz CT molecular complexity index is 2710. The number of sulfone groups is 2. The van der Waals surface area contributed by atoms with Crippen molar-refractivity contribution in [1.29, 1.82) is 0 Å². The molecule has 8 rings (SSSR count). The van der Waals surface area contributed by atoms with Crippen LogP contribution in [0.1, 0.15) is 11.1 Å². The predicted molar refractivity (Wildman–Crippen MR) is 207 cm³/mol. The first-order valence-electron chi connectivity index (χ1n) is 16.6. The summed E-state index contributed by atoms with van der Waals surface area (Å²) in [5.74, 6) is 0. The van der Waals surface area contributed by atoms with E-state index in [1.54, 1.807) is 109 Å². The van der Waals surface area contributed by atoms with Crippen LogP contribution in [0.5, 0.6) is 0 Å². The van der Waals surface area contributed by atoms with Crippen LogP contribution in [0.2, 0.25) is 0 Å². The van der Waals surface area contributed by atoms with Crippen molar-refractivity contribution in [2.45, 2.75) is 33.4 Å². The summed E-state index contributed by atoms with van der Waals surface area (Å²) in [6.07, 6.45) is 0. The van der Waals surface area contributed by atoms with Gasteiger partial charge in [0.1, 0.15) is 0 Å². The Kier molecular flexibility index (Phi) is 7.97. The molecule has 5 nitrogen and oxygen atoms in total. The standard InChI is InChI=1S/C44H33NO4S2/c1-30-41-15-9-10-16-42(41)31(2)44-29-33-27-36(18-17-32(33)28-43(30)44)45(34-19-23-39(24-20-34)50(46,47)37-11-5-3-6-12-37)35-21-25-40(26-22-35)51(48,49)38-13-7-4-8-14-38/h3-29H,1-2H3. The van der Waals surface area contributed by atoms with Gasteiger partial charge in [-0.25, -0.2) is 16.8 Å². The summed E-state index contributed by atoms with van der Waals surface area (Å²) in [5, 5.41) is 7.03. The first kappa shape index (κ1) is 32.4. The monoisotopic (exact) mass is 703 g/mol. The zero-order chi connectivity index (χ0) is 35.3. The van der Waals surface area contributed by atoms with Crippen LogP contribution in [0.4, 0.5) is 17.1 Å². The van der Waals surface area contributed by atoms with Gasteiger partial charge in [0.05, 0.1) is 19.6 Å². The minimum Gasteiger partial charge on any atom is -0.310 e. The van der Waals surface area contributed by atoms with Gasteiger partial charge in [-0.15, -0.1) is 0 Å². The van der Waals surface area contributed by atoms with E-state index in [2.05, 4.69) is 62.4 Å². The van der Waals surface area contributed by atoms with Gasteiger partial charge in [0.2, 0.25) is 19.7 Å². The normalized spacial score (nSPS) is 12.0. The molecule has 0 bridgehead atoms. The third kappa shape index (κ3) is 5.65. The second kappa shape index (κ2) is 12.5. The molecule has 0 unspecified atom stereocenters. The average molecular weight is 704 g/mol. The number of anilines is 3. The number of nitrogens with zero attached hydrogens (tertiary/aromatic N) is 1. The van der Waals surface area contributed by atoms with Gasteiger partial charge in [0.15, 0.2) is 0 Å². The maximum Gasteiger partial charge on any atom is 0.206 e. The highest BCUT2D eigenvalue weighted by Gasteiger charge is 2.21. The molecule has 0 N–H and O–H groups in total. The fourth-order valence-electron chi connectivity index (χ4n) is 6.94. The smallest absolute Gasteiger partial charge is 0.206 e. The molecule has 0 spiro atoms. The number of benzene rings is 8. The number of aryl methyl sites for hydroxylation is 2. The Balaban J connectivity index is 1.27. The highest BCUT2D eigenvalue weighted by molar-refractivity contribution is 7.91. The van der Waals surface area contributed by atoms with Gasteiger partial charge < -0.3 is 4.90 Å². The van der Waals surface area contributed by atoms with E-state index in [0.717, 1.165) is 27.8 Å². The van der Waals surface area contributed by atoms with Gasteiger partial charge in [-0.2, -0.15) is 0 Å². The summed E-state index contributed by atoms with van der Waals surface area (Å²) in [4.78, 5) is 2.84. The van der Waals surface area contributed by atoms with E-state index in [-0.39, 0.29) is 19.6 Å². The lowest BCUT2D eigenvalue weighted by molar-refractivity contribution is 0.594. The number of rotatable bonds is 7. The molecule has 0 heterocycles. The Labute approximate surface area is 297 Å². The Morgan fingerprint density at radius 2 is 0.725 bits per heavy atom. The molecule has 7 heteroatoms. The van der Waals surface area contributed by atoms with Crippen LogP contribution in [0.15, 0.2) is 183 Å². The molecule has 0 aliphatic heterocycles. The molecule has 51 heavy (non-hydrogen) atoms. The molecule has 0 radical (unpaired) electrons. The lowest BCUT2D eigenvalue weighted by atomic mass is 9.91. The molecule has 0 aromatic heterocycles. The highest BCUT2D eigenvalue weighted by Crippen LogP contribution is 2.40. The topological polar surface area (TPSA) is 71.5 Å².